The molecule has 0 aliphatic carbocycles. The number of hydrogen-bond donors (Lipinski definition) is 0. The molecule has 1 heterocycles. The summed E-state index contributed by atoms with van der Waals surface area (Å²) in [4.78, 5) is 33.7. The Kier molecular flexibility index (Phi) is 7.69. The molecule has 4 rings (SSSR count). The highest BCUT2D eigenvalue weighted by molar-refractivity contribution is 6.68. The number of nitrogens with zero attached hydrogens (tertiary/aromatic N) is 4. The Morgan fingerprint density at radius 3 is 1.83 bits per heavy atom. The number of hydrogen-bond acceptors (Lipinski definition) is 4. The number of para-hydroxylation sites is 1. The fourth-order valence-corrected chi connectivity index (χ4v) is 4.26. The molecular formula is C24H16Cl5FN4O2. The predicted molar refractivity (Wildman–Crippen MR) is 144 cm³/mol. The van der Waals surface area contributed by atoms with Crippen molar-refractivity contribution in [2.75, 3.05) is 16.8 Å². The van der Waals surface area contributed by atoms with Gasteiger partial charge in [-0.3, -0.25) is 9.69 Å². The molecule has 0 radical (unpaired) electrons. The Labute approximate surface area is 231 Å². The molecule has 1 aliphatic heterocycles. The van der Waals surface area contributed by atoms with Crippen LogP contribution in [0.1, 0.15) is 0 Å². The minimum absolute atomic E-state index is 0.174. The molecule has 3 amide bonds. The summed E-state index contributed by atoms with van der Waals surface area (Å²) in [6, 6.07) is 17.9. The zero-order chi connectivity index (χ0) is 26.2. The summed E-state index contributed by atoms with van der Waals surface area (Å²) in [6.45, 7) is 0. The Hall–Kier alpha value is -2.55. The first kappa shape index (κ1) is 26.5. The molecule has 6 nitrogen and oxygen atoms in total. The van der Waals surface area contributed by atoms with Crippen LogP contribution in [0.5, 0.6) is 0 Å². The molecule has 1 atom stereocenters. The monoisotopic (exact) mass is 586 g/mol. The van der Waals surface area contributed by atoms with Crippen LogP contribution in [0.2, 0.25) is 10.0 Å². The summed E-state index contributed by atoms with van der Waals surface area (Å²) >= 11 is 31.4. The predicted octanol–water partition coefficient (Wildman–Crippen LogP) is 7.46. The molecule has 186 valence electrons. The van der Waals surface area contributed by atoms with Crippen molar-refractivity contribution < 1.29 is 14.0 Å². The van der Waals surface area contributed by atoms with Crippen molar-refractivity contribution in [2.45, 2.75) is 9.96 Å². The Morgan fingerprint density at radius 2 is 1.36 bits per heavy atom. The second-order valence-corrected chi connectivity index (χ2v) is 10.9. The van der Waals surface area contributed by atoms with E-state index in [-0.39, 0.29) is 5.69 Å². The number of aliphatic imine (C=N–C) groups is 1. The SMILES string of the molecule is CN1C(=O)C(=NC(N(c2ccc(Cl)cc2)c2ccc(Cl)cc2)C(Cl)(Cl)Cl)N(c2ccccc2F)C1=O. The summed E-state index contributed by atoms with van der Waals surface area (Å²) in [7, 11) is 1.25. The first-order valence-corrected chi connectivity index (χ1v) is 12.2. The molecule has 0 saturated carbocycles. The second kappa shape index (κ2) is 10.4. The van der Waals surface area contributed by atoms with Crippen molar-refractivity contribution in [3.63, 3.8) is 0 Å². The number of carbonyl (C=O) groups is 2. The van der Waals surface area contributed by atoms with Crippen molar-refractivity contribution >= 4 is 92.8 Å². The molecule has 12 heteroatoms. The van der Waals surface area contributed by atoms with Gasteiger partial charge in [-0.15, -0.1) is 0 Å². The largest absolute Gasteiger partial charge is 0.337 e. The van der Waals surface area contributed by atoms with Crippen LogP contribution in [-0.2, 0) is 4.79 Å². The van der Waals surface area contributed by atoms with Gasteiger partial charge in [-0.05, 0) is 60.7 Å². The lowest BCUT2D eigenvalue weighted by Gasteiger charge is -2.35. The van der Waals surface area contributed by atoms with Crippen LogP contribution in [0, 0.1) is 5.82 Å². The van der Waals surface area contributed by atoms with E-state index in [0.29, 0.717) is 21.4 Å². The lowest BCUT2D eigenvalue weighted by Crippen LogP contribution is -2.43. The topological polar surface area (TPSA) is 56.2 Å². The van der Waals surface area contributed by atoms with Crippen molar-refractivity contribution in [3.8, 4) is 0 Å². The van der Waals surface area contributed by atoms with Gasteiger partial charge in [0.15, 0.2) is 6.17 Å². The number of anilines is 3. The van der Waals surface area contributed by atoms with Gasteiger partial charge in [0.1, 0.15) is 5.82 Å². The molecule has 1 saturated heterocycles. The molecule has 1 fully saturated rings. The van der Waals surface area contributed by atoms with Crippen molar-refractivity contribution in [3.05, 3.63) is 88.7 Å². The molecule has 0 spiro atoms. The van der Waals surface area contributed by atoms with Gasteiger partial charge in [0.25, 0.3) is 5.91 Å². The van der Waals surface area contributed by atoms with Gasteiger partial charge in [-0.1, -0.05) is 70.1 Å². The summed E-state index contributed by atoms with van der Waals surface area (Å²) in [5.74, 6) is -1.95. The zero-order valence-electron chi connectivity index (χ0n) is 18.4. The number of carbonyl (C=O) groups excluding carboxylic acids is 2. The van der Waals surface area contributed by atoms with Gasteiger partial charge in [-0.2, -0.15) is 0 Å². The highest BCUT2D eigenvalue weighted by Crippen LogP contribution is 2.41. The Balaban J connectivity index is 1.94. The van der Waals surface area contributed by atoms with Crippen LogP contribution < -0.4 is 9.80 Å². The van der Waals surface area contributed by atoms with Crippen LogP contribution in [0.25, 0.3) is 0 Å². The smallest absolute Gasteiger partial charge is 0.315 e. The maximum atomic E-state index is 14.7. The highest BCUT2D eigenvalue weighted by atomic mass is 35.6. The van der Waals surface area contributed by atoms with Crippen molar-refractivity contribution in [1.82, 2.24) is 4.90 Å². The average Bonchev–Trinajstić information content (AvgIpc) is 3.04. The fourth-order valence-electron chi connectivity index (χ4n) is 3.56. The molecule has 0 aromatic heterocycles. The molecule has 36 heavy (non-hydrogen) atoms. The minimum Gasteiger partial charge on any atom is -0.315 e. The number of urea groups is 1. The quantitative estimate of drug-likeness (QED) is 0.230. The number of halogens is 6. The van der Waals surface area contributed by atoms with Gasteiger partial charge in [0.2, 0.25) is 9.63 Å². The first-order valence-electron chi connectivity index (χ1n) is 10.3. The number of rotatable bonds is 5. The summed E-state index contributed by atoms with van der Waals surface area (Å²) in [5.41, 5.74) is 0.835. The van der Waals surface area contributed by atoms with Crippen molar-refractivity contribution in [1.29, 1.82) is 0 Å². The maximum absolute atomic E-state index is 14.7. The van der Waals surface area contributed by atoms with Crippen LogP contribution in [0.4, 0.5) is 26.2 Å². The van der Waals surface area contributed by atoms with Crippen LogP contribution in [0.15, 0.2) is 77.8 Å². The van der Waals surface area contributed by atoms with Gasteiger partial charge < -0.3 is 4.90 Å². The highest BCUT2D eigenvalue weighted by Gasteiger charge is 2.46. The van der Waals surface area contributed by atoms with E-state index in [2.05, 4.69) is 4.99 Å². The molecule has 3 aromatic rings. The van der Waals surface area contributed by atoms with Gasteiger partial charge in [0.05, 0.1) is 5.69 Å². The number of amidine groups is 1. The zero-order valence-corrected chi connectivity index (χ0v) is 22.2. The van der Waals surface area contributed by atoms with Gasteiger partial charge in [0, 0.05) is 28.5 Å². The Bertz CT molecular complexity index is 1280. The van der Waals surface area contributed by atoms with Crippen LogP contribution in [-0.4, -0.2) is 39.7 Å². The number of alkyl halides is 3. The third kappa shape index (κ3) is 5.26. The molecule has 1 aliphatic rings. The summed E-state index contributed by atoms with van der Waals surface area (Å²) in [5, 5.41) is 0.936. The summed E-state index contributed by atoms with van der Waals surface area (Å²) < 4.78 is 12.6. The van der Waals surface area contributed by atoms with E-state index >= 15 is 0 Å². The molecular weight excluding hydrogens is 573 g/mol. The normalized spacial score (nSPS) is 16.1. The Morgan fingerprint density at radius 1 is 0.861 bits per heavy atom. The van der Waals surface area contributed by atoms with E-state index in [4.69, 9.17) is 58.0 Å². The third-order valence-electron chi connectivity index (χ3n) is 5.27. The summed E-state index contributed by atoms with van der Waals surface area (Å²) in [6.07, 6.45) is -1.39. The molecule has 1 unspecified atom stereocenters. The van der Waals surface area contributed by atoms with E-state index in [9.17, 15) is 14.0 Å². The molecule has 0 bridgehead atoms. The van der Waals surface area contributed by atoms with Crippen molar-refractivity contribution in [2.24, 2.45) is 4.99 Å². The maximum Gasteiger partial charge on any atom is 0.337 e. The van der Waals surface area contributed by atoms with Crippen LogP contribution >= 0.6 is 58.0 Å². The number of amides is 3. The lowest BCUT2D eigenvalue weighted by molar-refractivity contribution is -0.119. The first-order chi connectivity index (χ1) is 17.0. The standard InChI is InChI=1S/C24H16Cl5FN4O2/c1-32-21(35)20(34(23(32)36)19-5-3-2-4-18(19)30)31-22(24(27,28)29)33(16-10-6-14(25)7-11-16)17-12-8-15(26)9-13-17/h2-13,22H,1H3. The third-order valence-corrected chi connectivity index (χ3v) is 6.36. The number of likely N-dealkylation sites (N-methyl/N-ethyl adjacent to an activating group) is 1. The van der Waals surface area contributed by atoms with E-state index < -0.39 is 33.5 Å². The van der Waals surface area contributed by atoms with E-state index in [1.54, 1.807) is 53.4 Å². The molecule has 3 aromatic carbocycles. The molecule has 0 N–H and O–H groups in total. The van der Waals surface area contributed by atoms with Crippen LogP contribution in [0.3, 0.4) is 0 Å². The van der Waals surface area contributed by atoms with E-state index in [1.807, 2.05) is 0 Å². The second-order valence-electron chi connectivity index (χ2n) is 7.62. The number of imide groups is 1. The average molecular weight is 589 g/mol. The van der Waals surface area contributed by atoms with Gasteiger partial charge in [-0.25, -0.2) is 19.1 Å². The minimum atomic E-state index is -2.13. The van der Waals surface area contributed by atoms with Gasteiger partial charge >= 0.3 is 6.03 Å². The van der Waals surface area contributed by atoms with E-state index in [0.717, 1.165) is 15.9 Å². The number of benzene rings is 3. The lowest BCUT2D eigenvalue weighted by atomic mass is 10.2. The fraction of sp³-hybridized carbons (Fsp3) is 0.125. The van der Waals surface area contributed by atoms with E-state index in [1.165, 1.54) is 25.2 Å².